The zero-order chi connectivity index (χ0) is 77.0. The number of halogens is 11. The van der Waals surface area contributed by atoms with Crippen LogP contribution in [0.5, 0.6) is 0 Å². The van der Waals surface area contributed by atoms with Crippen molar-refractivity contribution >= 4 is 228 Å². The molecule has 0 saturated carbocycles. The van der Waals surface area contributed by atoms with Crippen LogP contribution in [0.15, 0.2) is 113 Å². The maximum Gasteiger partial charge on any atom is 1.00 e. The Morgan fingerprint density at radius 2 is 0.923 bits per heavy atom. The molecule has 556 valence electrons. The van der Waals surface area contributed by atoms with Gasteiger partial charge in [-0.2, -0.15) is 15.7 Å². The summed E-state index contributed by atoms with van der Waals surface area (Å²) in [6, 6.07) is 27.4. The van der Waals surface area contributed by atoms with Gasteiger partial charge in [-0.05, 0) is 171 Å². The van der Waals surface area contributed by atoms with Crippen LogP contribution in [-0.4, -0.2) is 81.4 Å². The summed E-state index contributed by atoms with van der Waals surface area (Å²) in [5.41, 5.74) is 25.3. The molecule has 0 radical (unpaired) electrons. The van der Waals surface area contributed by atoms with Gasteiger partial charge in [0.2, 0.25) is 5.82 Å². The number of aromatic carboxylic acids is 1. The first-order chi connectivity index (χ1) is 47.9. The van der Waals surface area contributed by atoms with Gasteiger partial charge in [0.15, 0.2) is 0 Å². The summed E-state index contributed by atoms with van der Waals surface area (Å²) in [5, 5.41) is 43.0. The van der Waals surface area contributed by atoms with Crippen molar-refractivity contribution in [3.8, 4) is 23.5 Å². The van der Waals surface area contributed by atoms with Gasteiger partial charge in [-0.25, -0.2) is 18.0 Å². The molecule has 0 aliphatic heterocycles. The molecule has 104 heavy (non-hydrogen) atoms. The van der Waals surface area contributed by atoms with Crippen LogP contribution in [0.3, 0.4) is 0 Å². The van der Waals surface area contributed by atoms with Gasteiger partial charge in [0, 0.05) is 83.1 Å². The number of nitrogens with two attached hydrogens (primary N) is 2. The Labute approximate surface area is 675 Å². The van der Waals surface area contributed by atoms with Crippen LogP contribution in [0.2, 0.25) is 25.1 Å². The number of anilines is 5. The van der Waals surface area contributed by atoms with E-state index in [1.807, 2.05) is 60.6 Å². The number of aromatic nitrogens is 4. The van der Waals surface area contributed by atoms with Crippen molar-refractivity contribution in [2.24, 2.45) is 11.5 Å². The number of tetrazole rings is 1. The number of H-pyrrole nitrogens is 1. The van der Waals surface area contributed by atoms with Crippen molar-refractivity contribution in [3.05, 3.63) is 220 Å². The first-order valence-corrected chi connectivity index (χ1v) is 40.2. The Bertz CT molecular complexity index is 4480. The number of carbonyl (C=O) groups is 2. The summed E-state index contributed by atoms with van der Waals surface area (Å²) >= 11 is 34.8. The average molecular weight is 1780 g/mol. The summed E-state index contributed by atoms with van der Waals surface area (Å²) in [7, 11) is 0. The van der Waals surface area contributed by atoms with Gasteiger partial charge in [-0.3, -0.25) is 35.3 Å². The van der Waals surface area contributed by atoms with E-state index in [-0.39, 0.29) is 91.1 Å². The number of hydrogen-bond donors (Lipinski definition) is 9. The smallest absolute Gasteiger partial charge is 0.755 e. The van der Waals surface area contributed by atoms with Crippen molar-refractivity contribution in [2.45, 2.75) is 39.7 Å². The Morgan fingerprint density at radius 3 is 1.26 bits per heavy atom. The Kier molecular flexibility index (Phi) is 48.8. The largest absolute Gasteiger partial charge is 1.00 e. The number of thiophene rings is 3. The number of primary amides is 1. The van der Waals surface area contributed by atoms with E-state index in [2.05, 4.69) is 75.9 Å². The fourth-order valence-corrected chi connectivity index (χ4v) is 12.1. The number of nitrogens with one attached hydrogen (secondary N) is 6. The third kappa shape index (κ3) is 38.8. The number of carboxylic acids is 1. The van der Waals surface area contributed by atoms with Crippen molar-refractivity contribution < 1.29 is 106 Å². The van der Waals surface area contributed by atoms with E-state index in [1.54, 1.807) is 58.3 Å². The molecule has 5 aromatic carbocycles. The molecule has 9 aromatic rings. The molecule has 1 amide bonds. The SMILES string of the molecule is C.N#Cc1cc(NS(=O)[O-])c(Cl)cc1CCc1cccs1.N#Cc1cc(NS(=O)[O-])c(Cl)cc1F.NC(=O)c1cc(NS(=O)[O-])c(Cl)cc1F.NCc1cccs1.O=C(O)c1cc(NS(=O)[O-])c(Cl)cc1F.O=P(Cl)(Cl)Cl.O=S([O-])Nc1cc(-c2nn[nH]n2)c(CCc2cccs2)cc1Cl.[N-]=[N+]=[N-].[Na+]. The summed E-state index contributed by atoms with van der Waals surface area (Å²) < 4.78 is 163. The molecule has 0 fully saturated rings. The predicted molar refractivity (Wildman–Crippen MR) is 396 cm³/mol. The van der Waals surface area contributed by atoms with Crippen LogP contribution < -0.4 is 64.6 Å². The molecule has 0 spiro atoms. The van der Waals surface area contributed by atoms with Gasteiger partial charge in [0.1, 0.15) is 23.5 Å². The Morgan fingerprint density at radius 1 is 0.587 bits per heavy atom. The number of benzene rings is 5. The van der Waals surface area contributed by atoms with Crippen LogP contribution in [0.25, 0.3) is 27.4 Å². The minimum Gasteiger partial charge on any atom is -0.755 e. The van der Waals surface area contributed by atoms with Crippen LogP contribution in [0.1, 0.15) is 65.0 Å². The summed E-state index contributed by atoms with van der Waals surface area (Å²) in [4.78, 5) is 26.5. The quantitative estimate of drug-likeness (QED) is 0.00854. The fourth-order valence-electron chi connectivity index (χ4n) is 7.01. The molecule has 0 aliphatic rings. The summed E-state index contributed by atoms with van der Waals surface area (Å²) in [6.45, 7) is 0.678. The van der Waals surface area contributed by atoms with Gasteiger partial charge >= 0.3 is 40.7 Å². The maximum atomic E-state index is 13.1. The second-order valence-corrected chi connectivity index (χ2v) is 32.8. The van der Waals surface area contributed by atoms with E-state index in [0.29, 0.717) is 34.9 Å². The van der Waals surface area contributed by atoms with Gasteiger partial charge in [0.05, 0.1) is 81.9 Å². The molecule has 51 heteroatoms. The predicted octanol–water partition coefficient (Wildman–Crippen LogP) is 12.1. The van der Waals surface area contributed by atoms with Crippen molar-refractivity contribution in [1.82, 2.24) is 20.6 Å². The number of aryl methyl sites for hydroxylation is 4. The number of nitrogens with zero attached hydrogens (tertiary/aromatic N) is 8. The second-order valence-electron chi connectivity index (χ2n) is 17.7. The van der Waals surface area contributed by atoms with E-state index in [0.717, 1.165) is 66.8 Å². The molecule has 5 atom stereocenters. The standard InChI is InChI=1S/C13H12ClN5O2S2.C13H11ClN2O2S2.C7H6ClFN2O3S.C7H4ClFN2O2S.C7H5ClFNO4S.C5H7NS.CH4.Cl3OP.N3.Na/c14-11-6-8(3-4-9-2-1-5-22-9)10(13-15-18-19-16-13)7-12(11)17-23(20)21;14-12-6-9(3-4-11-2-1-5-19-11)10(8-15)7-13(12)16-20(17)18;8-4-2-5(9)3(7(10)12)1-6(4)11-15(13)14;8-5-2-6(9)4(3-10)1-7(5)11-14(12)13;8-4-2-5(9)3(7(11)12)1-6(4)10-15(13)14;6-4-5-2-1-3-7-5;;1-5(2,3)4;1-3-2;/h1-2,5-7,17H,3-4H2,(H,20,21)(H,15,16,18,19);1-2,5-7,16H,3-4H2,(H,17,18);1-2,11H,(H2,10,12)(H,13,14);1-2,11H,(H,12,13);1-2,10H,(H,11,12)(H,13,14);1-3H,4,6H2;1H4;;;/q;;;;;;;;-1;+1/p-5. The molecular formula is C53H44Cl8F3N16NaO14PS8-5. The van der Waals surface area contributed by atoms with Gasteiger partial charge in [0.25, 0.3) is 5.91 Å². The first kappa shape index (κ1) is 98.3. The number of aromatic amines is 1. The fraction of sp³-hybridized carbons (Fsp3) is 0.113. The molecule has 4 aromatic heterocycles. The van der Waals surface area contributed by atoms with E-state index in [9.17, 15) is 71.1 Å². The van der Waals surface area contributed by atoms with Crippen LogP contribution in [0, 0.1) is 40.1 Å². The second kappa shape index (κ2) is 51.6. The van der Waals surface area contributed by atoms with E-state index >= 15 is 0 Å². The third-order valence-electron chi connectivity index (χ3n) is 11.1. The average Bonchev–Trinajstić information content (AvgIpc) is 1.67. The molecule has 0 bridgehead atoms. The minimum absolute atomic E-state index is 0. The summed E-state index contributed by atoms with van der Waals surface area (Å²) in [5.74, 6) is -4.86. The van der Waals surface area contributed by atoms with Gasteiger partial charge in [-0.15, -0.1) is 44.2 Å². The molecule has 30 nitrogen and oxygen atoms in total. The first-order valence-electron chi connectivity index (χ1n) is 25.9. The zero-order valence-electron chi connectivity index (χ0n) is 50.9. The topological polar surface area (TPSA) is 545 Å². The Balaban J connectivity index is 0.00000122. The van der Waals surface area contributed by atoms with E-state index < -0.39 is 102 Å². The monoisotopic (exact) mass is 1770 g/mol. The molecule has 9 rings (SSSR count). The van der Waals surface area contributed by atoms with Crippen molar-refractivity contribution in [1.29, 1.82) is 10.5 Å². The number of carboxylic acid groups (broad SMARTS) is 1. The third-order valence-corrected chi connectivity index (χ3v) is 17.3. The molecule has 4 heterocycles. The van der Waals surface area contributed by atoms with Gasteiger partial charge < -0.3 is 74.0 Å². The Hall–Kier alpha value is -5.65. The maximum absolute atomic E-state index is 13.1. The van der Waals surface area contributed by atoms with Crippen molar-refractivity contribution in [2.75, 3.05) is 23.6 Å². The van der Waals surface area contributed by atoms with Crippen LogP contribution >= 0.6 is 131 Å². The van der Waals surface area contributed by atoms with Crippen molar-refractivity contribution in [3.63, 3.8) is 0 Å². The van der Waals surface area contributed by atoms with E-state index in [4.69, 9.17) is 96.2 Å². The number of amides is 1. The molecule has 11 N–H and O–H groups in total. The minimum atomic E-state index is -3.22. The van der Waals surface area contributed by atoms with Crippen LogP contribution in [-0.2, 0) is 93.1 Å². The molecule has 0 saturated heterocycles. The normalized spacial score (nSPS) is 11.4. The summed E-state index contributed by atoms with van der Waals surface area (Å²) in [6.07, 6.45) is 3.08. The molecule has 0 aliphatic carbocycles. The van der Waals surface area contributed by atoms with E-state index in [1.165, 1.54) is 25.6 Å². The zero-order valence-corrected chi connectivity index (χ0v) is 66.3. The number of hydrogen-bond acceptors (Lipinski definition) is 22. The van der Waals surface area contributed by atoms with Gasteiger partial charge in [-0.1, -0.05) is 83.6 Å². The number of nitriles is 2. The number of rotatable bonds is 20. The number of carbonyl (C=O) groups excluding carboxylic acids is 1. The molecule has 5 unspecified atom stereocenters. The molecular weight excluding hydrogens is 1740 g/mol. The van der Waals surface area contributed by atoms with Crippen LogP contribution in [0.4, 0.5) is 41.6 Å².